The molecule has 2 fully saturated rings. The van der Waals surface area contributed by atoms with E-state index in [2.05, 4.69) is 20.1 Å². The normalized spacial score (nSPS) is 19.8. The second kappa shape index (κ2) is 10.6. The monoisotopic (exact) mass is 554 g/mol. The molecule has 5 rings (SSSR count). The minimum absolute atomic E-state index is 0.0311. The van der Waals surface area contributed by atoms with E-state index in [1.165, 1.54) is 14.8 Å². The Balaban J connectivity index is 1.39. The summed E-state index contributed by atoms with van der Waals surface area (Å²) in [6.07, 6.45) is -1.50. The van der Waals surface area contributed by atoms with Crippen molar-refractivity contribution >= 4 is 27.5 Å². The zero-order valence-corrected chi connectivity index (χ0v) is 21.4. The molecule has 1 aromatic carbocycles. The van der Waals surface area contributed by atoms with Crippen LogP contribution in [0.3, 0.4) is 0 Å². The van der Waals surface area contributed by atoms with Gasteiger partial charge in [-0.25, -0.2) is 0 Å². The molecule has 198 valence electrons. The SMILES string of the molecule is C[C@@H]1CN(S(=O)(=O)N(Cc2ccc(-c3nnc(C(F)F)o3)cn2)c2cccc(Cl)c2)CCN1C1COC1. The number of rotatable bonds is 8. The molecule has 0 unspecified atom stereocenters. The van der Waals surface area contributed by atoms with Crippen molar-refractivity contribution in [1.29, 1.82) is 0 Å². The zero-order valence-electron chi connectivity index (χ0n) is 19.9. The number of hydrogen-bond donors (Lipinski definition) is 0. The van der Waals surface area contributed by atoms with Crippen LogP contribution in [0.15, 0.2) is 47.0 Å². The lowest BCUT2D eigenvalue weighted by molar-refractivity contribution is -0.0873. The Kier molecular flexibility index (Phi) is 7.41. The Morgan fingerprint density at radius 2 is 2.00 bits per heavy atom. The lowest BCUT2D eigenvalue weighted by Crippen LogP contribution is -2.62. The standard InChI is InChI=1S/C23H25ClF2N6O4S/c1-15-11-30(7-8-31(15)20-13-35-14-20)37(33,34)32(19-4-2-3-17(24)9-19)12-18-6-5-16(10-27-18)22-28-29-23(36-22)21(25)26/h2-6,9-10,15,20-21H,7-8,11-14H2,1H3/t15-/m1/s1. The van der Waals surface area contributed by atoms with Crippen LogP contribution < -0.4 is 4.31 Å². The third-order valence-electron chi connectivity index (χ3n) is 6.44. The highest BCUT2D eigenvalue weighted by molar-refractivity contribution is 7.90. The number of ether oxygens (including phenoxy) is 1. The Hall–Kier alpha value is -2.71. The molecule has 0 bridgehead atoms. The highest BCUT2D eigenvalue weighted by Gasteiger charge is 2.39. The molecule has 10 nitrogen and oxygen atoms in total. The summed E-state index contributed by atoms with van der Waals surface area (Å²) in [5.41, 5.74) is 1.17. The highest BCUT2D eigenvalue weighted by Crippen LogP contribution is 2.29. The van der Waals surface area contributed by atoms with Crippen LogP contribution in [0.5, 0.6) is 0 Å². The van der Waals surface area contributed by atoms with Gasteiger partial charge >= 0.3 is 16.6 Å². The smallest absolute Gasteiger partial charge is 0.314 e. The van der Waals surface area contributed by atoms with Crippen molar-refractivity contribution in [2.24, 2.45) is 0 Å². The van der Waals surface area contributed by atoms with Crippen molar-refractivity contribution < 1.29 is 26.4 Å². The molecule has 4 heterocycles. The molecule has 2 aliphatic rings. The average Bonchev–Trinajstić information content (AvgIpc) is 3.34. The molecule has 0 radical (unpaired) electrons. The van der Waals surface area contributed by atoms with E-state index >= 15 is 0 Å². The molecule has 37 heavy (non-hydrogen) atoms. The minimum atomic E-state index is -3.95. The van der Waals surface area contributed by atoms with Crippen LogP contribution in [0.2, 0.25) is 5.02 Å². The molecular weight excluding hydrogens is 530 g/mol. The maximum atomic E-state index is 13.9. The van der Waals surface area contributed by atoms with E-state index < -0.39 is 22.5 Å². The van der Waals surface area contributed by atoms with Gasteiger partial charge in [0.25, 0.3) is 5.89 Å². The zero-order chi connectivity index (χ0) is 26.2. The van der Waals surface area contributed by atoms with Crippen LogP contribution in [0.1, 0.15) is 24.9 Å². The summed E-state index contributed by atoms with van der Waals surface area (Å²) >= 11 is 6.19. The first-order valence-corrected chi connectivity index (χ1v) is 13.4. The summed E-state index contributed by atoms with van der Waals surface area (Å²) < 4.78 is 66.4. The molecule has 3 aromatic rings. The van der Waals surface area contributed by atoms with Gasteiger partial charge in [0.2, 0.25) is 5.89 Å². The van der Waals surface area contributed by atoms with E-state index in [9.17, 15) is 17.2 Å². The predicted molar refractivity (Wildman–Crippen MR) is 131 cm³/mol. The maximum absolute atomic E-state index is 13.9. The van der Waals surface area contributed by atoms with Crippen molar-refractivity contribution in [1.82, 2.24) is 24.4 Å². The molecule has 2 saturated heterocycles. The van der Waals surface area contributed by atoms with E-state index in [4.69, 9.17) is 20.8 Å². The van der Waals surface area contributed by atoms with Gasteiger partial charge in [-0.3, -0.25) is 14.2 Å². The van der Waals surface area contributed by atoms with Crippen molar-refractivity contribution in [3.8, 4) is 11.5 Å². The minimum Gasteiger partial charge on any atom is -0.415 e. The number of benzene rings is 1. The highest BCUT2D eigenvalue weighted by atomic mass is 35.5. The van der Waals surface area contributed by atoms with Gasteiger partial charge in [-0.1, -0.05) is 17.7 Å². The summed E-state index contributed by atoms with van der Waals surface area (Å²) in [5, 5.41) is 7.33. The first-order chi connectivity index (χ1) is 17.7. The fourth-order valence-corrected chi connectivity index (χ4v) is 6.27. The number of piperazine rings is 1. The van der Waals surface area contributed by atoms with Crippen molar-refractivity contribution in [3.05, 3.63) is 59.2 Å². The molecule has 2 aromatic heterocycles. The summed E-state index contributed by atoms with van der Waals surface area (Å²) in [5.74, 6) is -0.881. The summed E-state index contributed by atoms with van der Waals surface area (Å²) in [6, 6.07) is 10.1. The fraction of sp³-hybridized carbons (Fsp3) is 0.435. The first-order valence-electron chi connectivity index (χ1n) is 11.7. The molecule has 14 heteroatoms. The van der Waals surface area contributed by atoms with E-state index in [1.807, 2.05) is 6.92 Å². The number of halogens is 3. The van der Waals surface area contributed by atoms with Gasteiger partial charge in [-0.15, -0.1) is 10.2 Å². The van der Waals surface area contributed by atoms with Crippen molar-refractivity contribution in [2.75, 3.05) is 37.2 Å². The first kappa shape index (κ1) is 25.9. The molecule has 2 aliphatic heterocycles. The Bertz CT molecular complexity index is 1340. The number of pyridine rings is 1. The Morgan fingerprint density at radius 1 is 1.19 bits per heavy atom. The van der Waals surface area contributed by atoms with Gasteiger partial charge in [-0.05, 0) is 37.3 Å². The van der Waals surface area contributed by atoms with E-state index in [0.29, 0.717) is 60.9 Å². The van der Waals surface area contributed by atoms with Gasteiger partial charge in [0.15, 0.2) is 0 Å². The van der Waals surface area contributed by atoms with Crippen molar-refractivity contribution in [3.63, 3.8) is 0 Å². The second-order valence-electron chi connectivity index (χ2n) is 8.91. The summed E-state index contributed by atoms with van der Waals surface area (Å²) in [4.78, 5) is 6.62. The van der Waals surface area contributed by atoms with Crippen LogP contribution in [-0.2, 0) is 21.5 Å². The van der Waals surface area contributed by atoms with Crippen LogP contribution >= 0.6 is 11.6 Å². The maximum Gasteiger partial charge on any atom is 0.314 e. The van der Waals surface area contributed by atoms with Gasteiger partial charge < -0.3 is 9.15 Å². The number of alkyl halides is 2. The number of aromatic nitrogens is 3. The quantitative estimate of drug-likeness (QED) is 0.417. The molecule has 0 N–H and O–H groups in total. The molecule has 0 aliphatic carbocycles. The van der Waals surface area contributed by atoms with Crippen LogP contribution in [0.25, 0.3) is 11.5 Å². The average molecular weight is 555 g/mol. The molecule has 0 saturated carbocycles. The number of nitrogens with zero attached hydrogens (tertiary/aromatic N) is 6. The topological polar surface area (TPSA) is 105 Å². The van der Waals surface area contributed by atoms with Crippen LogP contribution in [0.4, 0.5) is 14.5 Å². The van der Waals surface area contributed by atoms with Gasteiger partial charge in [0, 0.05) is 36.9 Å². The van der Waals surface area contributed by atoms with Crippen LogP contribution in [0, 0.1) is 0 Å². The lowest BCUT2D eigenvalue weighted by atomic mass is 10.1. The molecule has 0 amide bonds. The van der Waals surface area contributed by atoms with E-state index in [-0.39, 0.29) is 18.5 Å². The van der Waals surface area contributed by atoms with E-state index in [0.717, 1.165) is 0 Å². The van der Waals surface area contributed by atoms with E-state index in [1.54, 1.807) is 36.4 Å². The Labute approximate surface area is 218 Å². The largest absolute Gasteiger partial charge is 0.415 e. The third-order valence-corrected chi connectivity index (χ3v) is 8.55. The lowest BCUT2D eigenvalue weighted by Gasteiger charge is -2.46. The Morgan fingerprint density at radius 3 is 2.59 bits per heavy atom. The molecule has 0 spiro atoms. The van der Waals surface area contributed by atoms with Crippen LogP contribution in [-0.4, -0.2) is 77.7 Å². The number of hydrogen-bond acceptors (Lipinski definition) is 8. The van der Waals surface area contributed by atoms with Gasteiger partial charge in [0.05, 0.1) is 42.7 Å². The fourth-order valence-electron chi connectivity index (χ4n) is 4.41. The summed E-state index contributed by atoms with van der Waals surface area (Å²) in [7, 11) is -3.95. The third kappa shape index (κ3) is 5.46. The van der Waals surface area contributed by atoms with Gasteiger partial charge in [0.1, 0.15) is 0 Å². The van der Waals surface area contributed by atoms with Crippen molar-refractivity contribution in [2.45, 2.75) is 32.0 Å². The van der Waals surface area contributed by atoms with Gasteiger partial charge in [-0.2, -0.15) is 21.5 Å². The second-order valence-corrected chi connectivity index (χ2v) is 11.2. The number of anilines is 1. The summed E-state index contributed by atoms with van der Waals surface area (Å²) in [6.45, 7) is 4.57. The predicted octanol–water partition coefficient (Wildman–Crippen LogP) is 3.38. The molecule has 1 atom stereocenters. The molecular formula is C23H25ClF2N6O4S.